The molecule has 0 aliphatic rings. The van der Waals surface area contributed by atoms with Gasteiger partial charge >= 0.3 is 0 Å². The molecule has 0 aliphatic heterocycles. The zero-order valence-electron chi connectivity index (χ0n) is 8.48. The molecule has 1 aromatic carbocycles. The summed E-state index contributed by atoms with van der Waals surface area (Å²) < 4.78 is 1.06. The van der Waals surface area contributed by atoms with Gasteiger partial charge < -0.3 is 5.73 Å². The molecule has 0 amide bonds. The molecule has 0 saturated heterocycles. The molecule has 0 spiro atoms. The van der Waals surface area contributed by atoms with Gasteiger partial charge in [0, 0.05) is 9.50 Å². The molecule has 0 saturated carbocycles. The van der Waals surface area contributed by atoms with Crippen LogP contribution < -0.4 is 5.73 Å². The molecular weight excluding hydrogens is 261 g/mol. The Balaban J connectivity index is 2.91. The summed E-state index contributed by atoms with van der Waals surface area (Å²) in [5, 5.41) is 0.815. The van der Waals surface area contributed by atoms with Crippen LogP contribution in [0.2, 0.25) is 5.02 Å². The molecule has 14 heavy (non-hydrogen) atoms. The average molecular weight is 277 g/mol. The van der Waals surface area contributed by atoms with Crippen molar-refractivity contribution in [1.82, 2.24) is 0 Å². The van der Waals surface area contributed by atoms with Crippen LogP contribution in [0.3, 0.4) is 0 Å². The van der Waals surface area contributed by atoms with Gasteiger partial charge in [0.25, 0.3) is 0 Å². The van der Waals surface area contributed by atoms with Crippen molar-refractivity contribution >= 4 is 27.5 Å². The topological polar surface area (TPSA) is 26.0 Å². The number of halogens is 2. The van der Waals surface area contributed by atoms with Crippen LogP contribution in [0.25, 0.3) is 0 Å². The third-order valence-corrected chi connectivity index (χ3v) is 3.09. The zero-order chi connectivity index (χ0) is 10.8. The zero-order valence-corrected chi connectivity index (χ0v) is 10.8. The Morgan fingerprint density at radius 3 is 2.64 bits per heavy atom. The van der Waals surface area contributed by atoms with Crippen molar-refractivity contribution in [3.05, 3.63) is 33.3 Å². The van der Waals surface area contributed by atoms with Crippen LogP contribution in [0.15, 0.2) is 22.7 Å². The smallest absolute Gasteiger partial charge is 0.0438 e. The van der Waals surface area contributed by atoms with Gasteiger partial charge in [-0.3, -0.25) is 0 Å². The van der Waals surface area contributed by atoms with Crippen molar-refractivity contribution in [3.63, 3.8) is 0 Å². The van der Waals surface area contributed by atoms with Crippen molar-refractivity contribution in [2.75, 3.05) is 6.54 Å². The predicted octanol–water partition coefficient (Wildman–Crippen LogP) is 3.63. The normalized spacial score (nSPS) is 11.8. The van der Waals surface area contributed by atoms with E-state index in [4.69, 9.17) is 17.3 Å². The maximum absolute atomic E-state index is 6.10. The van der Waals surface area contributed by atoms with Gasteiger partial charge in [-0.25, -0.2) is 0 Å². The number of benzene rings is 1. The summed E-state index contributed by atoms with van der Waals surface area (Å²) in [5.74, 6) is 0. The third kappa shape index (κ3) is 3.26. The molecule has 0 heterocycles. The molecular formula is C11H15BrClN. The van der Waals surface area contributed by atoms with E-state index in [1.165, 1.54) is 0 Å². The Hall–Kier alpha value is -0.0500. The van der Waals surface area contributed by atoms with Crippen molar-refractivity contribution < 1.29 is 0 Å². The lowest BCUT2D eigenvalue weighted by atomic mass is 9.86. The summed E-state index contributed by atoms with van der Waals surface area (Å²) in [5.41, 5.74) is 6.94. The molecule has 0 fully saturated rings. The second-order valence-corrected chi connectivity index (χ2v) is 5.60. The summed E-state index contributed by atoms with van der Waals surface area (Å²) in [4.78, 5) is 0. The highest BCUT2D eigenvalue weighted by Crippen LogP contribution is 2.27. The lowest BCUT2D eigenvalue weighted by molar-refractivity contribution is 0.377. The van der Waals surface area contributed by atoms with Gasteiger partial charge in [-0.1, -0.05) is 41.4 Å². The van der Waals surface area contributed by atoms with E-state index in [9.17, 15) is 0 Å². The van der Waals surface area contributed by atoms with E-state index in [0.717, 1.165) is 21.5 Å². The maximum Gasteiger partial charge on any atom is 0.0438 e. The van der Waals surface area contributed by atoms with Gasteiger partial charge in [0.1, 0.15) is 0 Å². The van der Waals surface area contributed by atoms with E-state index in [1.54, 1.807) is 0 Å². The summed E-state index contributed by atoms with van der Waals surface area (Å²) in [6.07, 6.45) is 0.905. The first-order valence-corrected chi connectivity index (χ1v) is 5.76. The minimum Gasteiger partial charge on any atom is -0.330 e. The second kappa shape index (κ2) is 4.65. The van der Waals surface area contributed by atoms with Crippen LogP contribution in [0, 0.1) is 5.41 Å². The second-order valence-electron chi connectivity index (χ2n) is 4.28. The van der Waals surface area contributed by atoms with Gasteiger partial charge in [0.05, 0.1) is 0 Å². The Morgan fingerprint density at radius 2 is 2.07 bits per heavy atom. The van der Waals surface area contributed by atoms with E-state index in [0.29, 0.717) is 6.54 Å². The summed E-state index contributed by atoms with van der Waals surface area (Å²) in [7, 11) is 0. The van der Waals surface area contributed by atoms with E-state index >= 15 is 0 Å². The summed E-state index contributed by atoms with van der Waals surface area (Å²) >= 11 is 9.53. The molecule has 0 aromatic heterocycles. The monoisotopic (exact) mass is 275 g/mol. The van der Waals surface area contributed by atoms with Crippen molar-refractivity contribution in [3.8, 4) is 0 Å². The summed E-state index contributed by atoms with van der Waals surface area (Å²) in [6.45, 7) is 4.95. The van der Waals surface area contributed by atoms with Crippen LogP contribution in [-0.4, -0.2) is 6.54 Å². The van der Waals surface area contributed by atoms with Gasteiger partial charge in [0.15, 0.2) is 0 Å². The summed E-state index contributed by atoms with van der Waals surface area (Å²) in [6, 6.07) is 5.91. The molecule has 3 heteroatoms. The predicted molar refractivity (Wildman–Crippen MR) is 65.7 cm³/mol. The lowest BCUT2D eigenvalue weighted by Crippen LogP contribution is -2.26. The Morgan fingerprint density at radius 1 is 1.43 bits per heavy atom. The van der Waals surface area contributed by atoms with Crippen molar-refractivity contribution in [2.24, 2.45) is 11.1 Å². The first kappa shape index (κ1) is 12.0. The molecule has 0 radical (unpaired) electrons. The molecule has 1 nitrogen and oxygen atoms in total. The largest absolute Gasteiger partial charge is 0.330 e. The molecule has 0 unspecified atom stereocenters. The van der Waals surface area contributed by atoms with Gasteiger partial charge in [-0.2, -0.15) is 0 Å². The van der Waals surface area contributed by atoms with E-state index in [1.807, 2.05) is 12.1 Å². The highest BCUT2D eigenvalue weighted by Gasteiger charge is 2.17. The number of hydrogen-bond acceptors (Lipinski definition) is 1. The van der Waals surface area contributed by atoms with Crippen LogP contribution in [-0.2, 0) is 6.42 Å². The molecule has 1 aromatic rings. The molecule has 1 rings (SSSR count). The highest BCUT2D eigenvalue weighted by atomic mass is 79.9. The quantitative estimate of drug-likeness (QED) is 0.896. The van der Waals surface area contributed by atoms with E-state index in [-0.39, 0.29) is 5.41 Å². The fourth-order valence-corrected chi connectivity index (χ4v) is 1.86. The van der Waals surface area contributed by atoms with Gasteiger partial charge in [-0.15, -0.1) is 0 Å². The van der Waals surface area contributed by atoms with Crippen LogP contribution >= 0.6 is 27.5 Å². The fraction of sp³-hybridized carbons (Fsp3) is 0.455. The van der Waals surface area contributed by atoms with Crippen LogP contribution in [0.1, 0.15) is 19.4 Å². The molecule has 0 bridgehead atoms. The average Bonchev–Trinajstić information content (AvgIpc) is 2.11. The van der Waals surface area contributed by atoms with Crippen molar-refractivity contribution in [2.45, 2.75) is 20.3 Å². The Bertz CT molecular complexity index is 323. The molecule has 0 atom stereocenters. The first-order valence-electron chi connectivity index (χ1n) is 4.58. The Labute approximate surface area is 98.8 Å². The molecule has 2 N–H and O–H groups in total. The number of nitrogens with two attached hydrogens (primary N) is 1. The third-order valence-electron chi connectivity index (χ3n) is 2.23. The standard InChI is InChI=1S/C11H15BrClN/c1-11(2,7-14)6-8-5-9(12)3-4-10(8)13/h3-5H,6-7,14H2,1-2H3. The van der Waals surface area contributed by atoms with Crippen LogP contribution in [0.5, 0.6) is 0 Å². The Kier molecular flexibility index (Phi) is 3.99. The minimum absolute atomic E-state index is 0.102. The van der Waals surface area contributed by atoms with Crippen LogP contribution in [0.4, 0.5) is 0 Å². The van der Waals surface area contributed by atoms with Gasteiger partial charge in [0.2, 0.25) is 0 Å². The minimum atomic E-state index is 0.102. The van der Waals surface area contributed by atoms with Gasteiger partial charge in [-0.05, 0) is 42.1 Å². The highest BCUT2D eigenvalue weighted by molar-refractivity contribution is 9.10. The lowest BCUT2D eigenvalue weighted by Gasteiger charge is -2.22. The van der Waals surface area contributed by atoms with Crippen molar-refractivity contribution in [1.29, 1.82) is 0 Å². The fourth-order valence-electron chi connectivity index (χ4n) is 1.27. The number of hydrogen-bond donors (Lipinski definition) is 1. The maximum atomic E-state index is 6.10. The van der Waals surface area contributed by atoms with E-state index in [2.05, 4.69) is 35.8 Å². The van der Waals surface area contributed by atoms with E-state index < -0.39 is 0 Å². The first-order chi connectivity index (χ1) is 6.44. The number of rotatable bonds is 3. The SMILES string of the molecule is CC(C)(CN)Cc1cc(Br)ccc1Cl. The molecule has 78 valence electrons. The molecule has 0 aliphatic carbocycles.